The average Bonchev–Trinajstić information content (AvgIpc) is 2.79. The number of alkyl halides is 3. The van der Waals surface area contributed by atoms with Crippen molar-refractivity contribution in [3.05, 3.63) is 78.4 Å². The van der Waals surface area contributed by atoms with E-state index in [-0.39, 0.29) is 30.2 Å². The van der Waals surface area contributed by atoms with Crippen LogP contribution < -0.4 is 4.90 Å². The third-order valence-electron chi connectivity index (χ3n) is 5.63. The van der Waals surface area contributed by atoms with Gasteiger partial charge < -0.3 is 4.90 Å². The van der Waals surface area contributed by atoms with E-state index in [1.807, 2.05) is 0 Å². The Morgan fingerprint density at radius 3 is 2.36 bits per heavy atom. The third kappa shape index (κ3) is 4.72. The summed E-state index contributed by atoms with van der Waals surface area (Å²) in [4.78, 5) is 5.52. The van der Waals surface area contributed by atoms with Crippen LogP contribution in [0.25, 0.3) is 11.1 Å². The van der Waals surface area contributed by atoms with Gasteiger partial charge in [-0.2, -0.15) is 17.5 Å². The number of halogens is 4. The van der Waals surface area contributed by atoms with E-state index in [0.717, 1.165) is 17.7 Å². The molecule has 1 atom stereocenters. The van der Waals surface area contributed by atoms with Crippen molar-refractivity contribution in [2.24, 2.45) is 0 Å². The number of pyridine rings is 1. The van der Waals surface area contributed by atoms with E-state index in [1.165, 1.54) is 15.3 Å². The highest BCUT2D eigenvalue weighted by Gasteiger charge is 2.39. The highest BCUT2D eigenvalue weighted by Crippen LogP contribution is 2.38. The number of sulfonamides is 1. The molecule has 0 spiro atoms. The molecule has 0 saturated carbocycles. The van der Waals surface area contributed by atoms with Gasteiger partial charge in [-0.25, -0.2) is 12.8 Å². The molecule has 0 bridgehead atoms. The van der Waals surface area contributed by atoms with Crippen molar-refractivity contribution in [1.29, 1.82) is 0 Å². The topological polar surface area (TPSA) is 53.5 Å². The van der Waals surface area contributed by atoms with Gasteiger partial charge in [-0.1, -0.05) is 12.1 Å². The van der Waals surface area contributed by atoms with E-state index in [4.69, 9.17) is 0 Å². The predicted octanol–water partition coefficient (Wildman–Crippen LogP) is 4.81. The molecule has 174 valence electrons. The molecule has 1 fully saturated rings. The highest BCUT2D eigenvalue weighted by atomic mass is 32.2. The molecule has 0 N–H and O–H groups in total. The van der Waals surface area contributed by atoms with E-state index in [0.29, 0.717) is 11.6 Å². The quantitative estimate of drug-likeness (QED) is 0.505. The molecule has 0 amide bonds. The van der Waals surface area contributed by atoms with Gasteiger partial charge >= 0.3 is 6.18 Å². The zero-order chi connectivity index (χ0) is 23.8. The van der Waals surface area contributed by atoms with Gasteiger partial charge in [-0.05, 0) is 60.5 Å². The first kappa shape index (κ1) is 23.2. The standard InChI is InChI=1S/C23H21F4N3O2S/c1-16-15-29(22-6-5-19(24)14-21(22)23(25,26)27)11-12-30(16)33(31,32)20-4-2-3-18(13-20)17-7-9-28-10-8-17/h2-10,13-14,16H,11-12,15H2,1H3/t16-/m1/s1. The van der Waals surface area contributed by atoms with Crippen LogP contribution in [-0.2, 0) is 16.2 Å². The number of aromatic nitrogens is 1. The molecule has 10 heteroatoms. The van der Waals surface area contributed by atoms with Crippen LogP contribution in [0.5, 0.6) is 0 Å². The molecule has 0 unspecified atom stereocenters. The van der Waals surface area contributed by atoms with Crippen LogP contribution in [-0.4, -0.2) is 43.4 Å². The number of piperazine rings is 1. The van der Waals surface area contributed by atoms with Crippen molar-refractivity contribution < 1.29 is 26.0 Å². The number of benzene rings is 2. The molecule has 4 rings (SSSR count). The van der Waals surface area contributed by atoms with Crippen LogP contribution in [0.3, 0.4) is 0 Å². The summed E-state index contributed by atoms with van der Waals surface area (Å²) in [6.45, 7) is 1.73. The lowest BCUT2D eigenvalue weighted by Gasteiger charge is -2.40. The van der Waals surface area contributed by atoms with Crippen molar-refractivity contribution >= 4 is 15.7 Å². The van der Waals surface area contributed by atoms with E-state index in [9.17, 15) is 26.0 Å². The minimum atomic E-state index is -4.72. The molecule has 33 heavy (non-hydrogen) atoms. The van der Waals surface area contributed by atoms with Crippen LogP contribution in [0.4, 0.5) is 23.2 Å². The second kappa shape index (κ2) is 8.75. The van der Waals surface area contributed by atoms with Crippen molar-refractivity contribution in [3.63, 3.8) is 0 Å². The number of nitrogens with zero attached hydrogens (tertiary/aromatic N) is 3. The summed E-state index contributed by atoms with van der Waals surface area (Å²) in [6.07, 6.45) is -1.50. The minimum Gasteiger partial charge on any atom is -0.368 e. The molecular formula is C23H21F4N3O2S. The molecule has 1 aliphatic heterocycles. The molecule has 2 heterocycles. The van der Waals surface area contributed by atoms with Crippen LogP contribution >= 0.6 is 0 Å². The first-order valence-corrected chi connectivity index (χ1v) is 11.7. The molecule has 0 radical (unpaired) electrons. The Kier molecular flexibility index (Phi) is 6.15. The summed E-state index contributed by atoms with van der Waals surface area (Å²) in [5.74, 6) is -0.977. The summed E-state index contributed by atoms with van der Waals surface area (Å²) >= 11 is 0. The van der Waals surface area contributed by atoms with Gasteiger partial charge in [-0.3, -0.25) is 4.98 Å². The second-order valence-electron chi connectivity index (χ2n) is 7.83. The van der Waals surface area contributed by atoms with Gasteiger partial charge in [0, 0.05) is 43.8 Å². The van der Waals surface area contributed by atoms with Gasteiger partial charge in [0.25, 0.3) is 0 Å². The fourth-order valence-electron chi connectivity index (χ4n) is 4.04. The van der Waals surface area contributed by atoms with Gasteiger partial charge in [0.2, 0.25) is 10.0 Å². The van der Waals surface area contributed by atoms with Crippen LogP contribution in [0.1, 0.15) is 12.5 Å². The number of rotatable bonds is 4. The smallest absolute Gasteiger partial charge is 0.368 e. The lowest BCUT2D eigenvalue weighted by Crippen LogP contribution is -2.54. The zero-order valence-corrected chi connectivity index (χ0v) is 18.4. The molecule has 1 saturated heterocycles. The Bertz CT molecular complexity index is 1250. The summed E-state index contributed by atoms with van der Waals surface area (Å²) < 4.78 is 81.8. The first-order valence-electron chi connectivity index (χ1n) is 10.2. The number of anilines is 1. The van der Waals surface area contributed by atoms with Crippen molar-refractivity contribution in [2.75, 3.05) is 24.5 Å². The second-order valence-corrected chi connectivity index (χ2v) is 9.72. The summed E-state index contributed by atoms with van der Waals surface area (Å²) in [5.41, 5.74) is 0.297. The first-order chi connectivity index (χ1) is 15.6. The van der Waals surface area contributed by atoms with E-state index < -0.39 is 33.6 Å². The molecule has 5 nitrogen and oxygen atoms in total. The Morgan fingerprint density at radius 2 is 1.70 bits per heavy atom. The third-order valence-corrected chi connectivity index (χ3v) is 7.64. The number of hydrogen-bond acceptors (Lipinski definition) is 4. The molecule has 0 aliphatic carbocycles. The summed E-state index contributed by atoms with van der Waals surface area (Å²) in [5, 5.41) is 0. The van der Waals surface area contributed by atoms with Gasteiger partial charge in [-0.15, -0.1) is 0 Å². The van der Waals surface area contributed by atoms with Crippen LogP contribution in [0.15, 0.2) is 71.9 Å². The SMILES string of the molecule is C[C@@H]1CN(c2ccc(F)cc2C(F)(F)F)CCN1S(=O)(=O)c1cccc(-c2ccncc2)c1. The maximum atomic E-state index is 13.5. The fraction of sp³-hybridized carbons (Fsp3) is 0.261. The molecule has 3 aromatic rings. The Balaban J connectivity index is 1.59. The fourth-order valence-corrected chi connectivity index (χ4v) is 5.70. The maximum absolute atomic E-state index is 13.5. The molecule has 1 aromatic heterocycles. The average molecular weight is 479 g/mol. The minimum absolute atomic E-state index is 0.00232. The zero-order valence-electron chi connectivity index (χ0n) is 17.6. The largest absolute Gasteiger partial charge is 0.418 e. The Labute approximate surface area is 189 Å². The van der Waals surface area contributed by atoms with Crippen molar-refractivity contribution in [1.82, 2.24) is 9.29 Å². The molecular weight excluding hydrogens is 458 g/mol. The Hall–Kier alpha value is -2.98. The number of hydrogen-bond donors (Lipinski definition) is 0. The Morgan fingerprint density at radius 1 is 0.970 bits per heavy atom. The summed E-state index contributed by atoms with van der Waals surface area (Å²) in [6, 6.07) is 12.0. The normalized spacial score (nSPS) is 17.8. The maximum Gasteiger partial charge on any atom is 0.418 e. The lowest BCUT2D eigenvalue weighted by atomic mass is 10.1. The van der Waals surface area contributed by atoms with Gasteiger partial charge in [0.05, 0.1) is 10.5 Å². The highest BCUT2D eigenvalue weighted by molar-refractivity contribution is 7.89. The van der Waals surface area contributed by atoms with Crippen molar-refractivity contribution in [3.8, 4) is 11.1 Å². The predicted molar refractivity (Wildman–Crippen MR) is 117 cm³/mol. The summed E-state index contributed by atoms with van der Waals surface area (Å²) in [7, 11) is -3.88. The van der Waals surface area contributed by atoms with Gasteiger partial charge in [0.15, 0.2) is 0 Å². The van der Waals surface area contributed by atoms with Gasteiger partial charge in [0.1, 0.15) is 5.82 Å². The van der Waals surface area contributed by atoms with E-state index in [2.05, 4.69) is 4.98 Å². The van der Waals surface area contributed by atoms with Crippen molar-refractivity contribution in [2.45, 2.75) is 24.0 Å². The molecule has 2 aromatic carbocycles. The van der Waals surface area contributed by atoms with E-state index >= 15 is 0 Å². The lowest BCUT2D eigenvalue weighted by molar-refractivity contribution is -0.137. The van der Waals surface area contributed by atoms with Crippen LogP contribution in [0, 0.1) is 5.82 Å². The van der Waals surface area contributed by atoms with Crippen LogP contribution in [0.2, 0.25) is 0 Å². The van der Waals surface area contributed by atoms with E-state index in [1.54, 1.807) is 49.6 Å². The monoisotopic (exact) mass is 479 g/mol. The molecule has 1 aliphatic rings.